The van der Waals surface area contributed by atoms with E-state index in [0.29, 0.717) is 6.61 Å². The third-order valence-corrected chi connectivity index (χ3v) is 3.77. The molecular weight excluding hydrogens is 212 g/mol. The fraction of sp³-hybridized carbons (Fsp3) is 0.500. The third kappa shape index (κ3) is 1.95. The Morgan fingerprint density at radius 3 is 2.76 bits per heavy atom. The average Bonchev–Trinajstić information content (AvgIpc) is 3.01. The van der Waals surface area contributed by atoms with Crippen LogP contribution < -0.4 is 5.73 Å². The molecule has 0 unspecified atom stereocenters. The van der Waals surface area contributed by atoms with E-state index in [9.17, 15) is 0 Å². The maximum atomic E-state index is 6.47. The van der Waals surface area contributed by atoms with Crippen molar-refractivity contribution in [3.63, 3.8) is 0 Å². The van der Waals surface area contributed by atoms with E-state index in [2.05, 4.69) is 23.2 Å². The van der Waals surface area contributed by atoms with Crippen LogP contribution in [-0.4, -0.2) is 19.0 Å². The molecule has 2 aliphatic rings. The van der Waals surface area contributed by atoms with Crippen LogP contribution >= 0.6 is 0 Å². The van der Waals surface area contributed by atoms with Crippen molar-refractivity contribution in [1.29, 1.82) is 0 Å². The van der Waals surface area contributed by atoms with Gasteiger partial charge in [0, 0.05) is 11.1 Å². The second kappa shape index (κ2) is 4.15. The number of benzene rings is 1. The Kier molecular flexibility index (Phi) is 2.63. The summed E-state index contributed by atoms with van der Waals surface area (Å²) in [5, 5.41) is 0. The number of nitrogens with zero attached hydrogens (tertiary/aromatic N) is 1. The largest absolute Gasteiger partial charge is 0.476 e. The number of hydrogen-bond donors (Lipinski definition) is 1. The van der Waals surface area contributed by atoms with Crippen LogP contribution in [0, 0.1) is 0 Å². The second-order valence-electron chi connectivity index (χ2n) is 4.98. The number of rotatable bonds is 2. The normalized spacial score (nSPS) is 22.3. The van der Waals surface area contributed by atoms with E-state index in [1.54, 1.807) is 0 Å². The topological polar surface area (TPSA) is 47.6 Å². The molecule has 1 aromatic rings. The lowest BCUT2D eigenvalue weighted by Crippen LogP contribution is -2.33. The summed E-state index contributed by atoms with van der Waals surface area (Å²) < 4.78 is 5.50. The molecular formula is C14H18N2O. The maximum absolute atomic E-state index is 6.47. The molecule has 2 N–H and O–H groups in total. The molecule has 1 fully saturated rings. The zero-order valence-corrected chi connectivity index (χ0v) is 9.98. The zero-order valence-electron chi connectivity index (χ0n) is 9.98. The Hall–Kier alpha value is -1.35. The van der Waals surface area contributed by atoms with Crippen LogP contribution in [0.15, 0.2) is 29.3 Å². The van der Waals surface area contributed by atoms with Crippen molar-refractivity contribution in [3.05, 3.63) is 35.4 Å². The van der Waals surface area contributed by atoms with Gasteiger partial charge in [-0.1, -0.05) is 25.0 Å². The smallest absolute Gasteiger partial charge is 0.216 e. The van der Waals surface area contributed by atoms with E-state index in [0.717, 1.165) is 30.8 Å². The summed E-state index contributed by atoms with van der Waals surface area (Å²) in [5.41, 5.74) is 8.63. The zero-order chi connectivity index (χ0) is 11.7. The van der Waals surface area contributed by atoms with Crippen molar-refractivity contribution in [1.82, 2.24) is 0 Å². The van der Waals surface area contributed by atoms with Crippen molar-refractivity contribution < 1.29 is 4.74 Å². The molecule has 90 valence electrons. The minimum absolute atomic E-state index is 0.130. The molecule has 0 saturated heterocycles. The van der Waals surface area contributed by atoms with Gasteiger partial charge in [-0.15, -0.1) is 0 Å². The van der Waals surface area contributed by atoms with Gasteiger partial charge in [0.1, 0.15) is 6.61 Å². The minimum atomic E-state index is -0.130. The first-order valence-corrected chi connectivity index (χ1v) is 6.35. The summed E-state index contributed by atoms with van der Waals surface area (Å²) in [6.07, 6.45) is 4.64. The van der Waals surface area contributed by atoms with Gasteiger partial charge in [0.15, 0.2) is 0 Å². The predicted molar refractivity (Wildman–Crippen MR) is 68.1 cm³/mol. The fourth-order valence-corrected chi connectivity index (χ4v) is 2.77. The summed E-state index contributed by atoms with van der Waals surface area (Å²) in [5.74, 6) is 0.772. The van der Waals surface area contributed by atoms with Crippen molar-refractivity contribution in [2.45, 2.75) is 31.2 Å². The van der Waals surface area contributed by atoms with E-state index in [1.165, 1.54) is 18.4 Å². The average molecular weight is 230 g/mol. The molecule has 0 bridgehead atoms. The molecule has 3 heteroatoms. The Bertz CT molecular complexity index is 447. The van der Waals surface area contributed by atoms with Gasteiger partial charge in [-0.25, -0.2) is 4.99 Å². The summed E-state index contributed by atoms with van der Waals surface area (Å²) in [7, 11) is 0. The van der Waals surface area contributed by atoms with Crippen molar-refractivity contribution >= 4 is 5.90 Å². The molecule has 0 spiro atoms. The Morgan fingerprint density at radius 2 is 2.06 bits per heavy atom. The monoisotopic (exact) mass is 230 g/mol. The van der Waals surface area contributed by atoms with Crippen LogP contribution in [0.1, 0.15) is 36.8 Å². The van der Waals surface area contributed by atoms with Crippen molar-refractivity contribution in [2.24, 2.45) is 10.7 Å². The first-order chi connectivity index (χ1) is 8.28. The predicted octanol–water partition coefficient (Wildman–Crippen LogP) is 2.19. The SMILES string of the molecule is NC1(c2cccc(C3=NCCO3)c2)CCCC1. The third-order valence-electron chi connectivity index (χ3n) is 3.77. The Labute approximate surface area is 102 Å². The van der Waals surface area contributed by atoms with E-state index in [4.69, 9.17) is 10.5 Å². The second-order valence-corrected chi connectivity index (χ2v) is 4.98. The number of hydrogen-bond acceptors (Lipinski definition) is 3. The standard InChI is InChI=1S/C14H18N2O/c15-14(6-1-2-7-14)12-5-3-4-11(10-12)13-16-8-9-17-13/h3-5,10H,1-2,6-9,15H2. The molecule has 1 aromatic carbocycles. The van der Waals surface area contributed by atoms with Gasteiger partial charge < -0.3 is 10.5 Å². The fourth-order valence-electron chi connectivity index (χ4n) is 2.77. The van der Waals surface area contributed by atoms with Gasteiger partial charge in [0.25, 0.3) is 0 Å². The first kappa shape index (κ1) is 10.8. The lowest BCUT2D eigenvalue weighted by molar-refractivity contribution is 0.348. The lowest BCUT2D eigenvalue weighted by atomic mass is 9.88. The van der Waals surface area contributed by atoms with Gasteiger partial charge >= 0.3 is 0 Å². The highest BCUT2D eigenvalue weighted by atomic mass is 16.5. The molecule has 0 aromatic heterocycles. The molecule has 0 amide bonds. The summed E-state index contributed by atoms with van der Waals surface area (Å²) in [6, 6.07) is 8.38. The number of ether oxygens (including phenoxy) is 1. The molecule has 0 radical (unpaired) electrons. The molecule has 1 aliphatic carbocycles. The highest BCUT2D eigenvalue weighted by Crippen LogP contribution is 2.36. The summed E-state index contributed by atoms with van der Waals surface area (Å²) >= 11 is 0. The lowest BCUT2D eigenvalue weighted by Gasteiger charge is -2.24. The van der Waals surface area contributed by atoms with Crippen molar-refractivity contribution in [2.75, 3.05) is 13.2 Å². The van der Waals surface area contributed by atoms with Gasteiger partial charge in [-0.05, 0) is 30.5 Å². The molecule has 17 heavy (non-hydrogen) atoms. The van der Waals surface area contributed by atoms with Gasteiger partial charge in [0.05, 0.1) is 6.54 Å². The molecule has 3 rings (SSSR count). The molecule has 0 atom stereocenters. The van der Waals surface area contributed by atoms with Gasteiger partial charge in [-0.2, -0.15) is 0 Å². The van der Waals surface area contributed by atoms with E-state index < -0.39 is 0 Å². The Balaban J connectivity index is 1.93. The summed E-state index contributed by atoms with van der Waals surface area (Å²) in [6.45, 7) is 1.47. The van der Waals surface area contributed by atoms with E-state index in [1.807, 2.05) is 6.07 Å². The van der Waals surface area contributed by atoms with Crippen LogP contribution in [0.3, 0.4) is 0 Å². The van der Waals surface area contributed by atoms with Crippen LogP contribution in [0.25, 0.3) is 0 Å². The van der Waals surface area contributed by atoms with Gasteiger partial charge in [0.2, 0.25) is 5.90 Å². The highest BCUT2D eigenvalue weighted by Gasteiger charge is 2.31. The van der Waals surface area contributed by atoms with Crippen LogP contribution in [0.5, 0.6) is 0 Å². The van der Waals surface area contributed by atoms with E-state index in [-0.39, 0.29) is 5.54 Å². The highest BCUT2D eigenvalue weighted by molar-refractivity contribution is 5.95. The van der Waals surface area contributed by atoms with Crippen LogP contribution in [-0.2, 0) is 10.3 Å². The quantitative estimate of drug-likeness (QED) is 0.846. The van der Waals surface area contributed by atoms with Crippen LogP contribution in [0.2, 0.25) is 0 Å². The Morgan fingerprint density at radius 1 is 1.24 bits per heavy atom. The van der Waals surface area contributed by atoms with E-state index >= 15 is 0 Å². The molecule has 1 heterocycles. The van der Waals surface area contributed by atoms with Crippen molar-refractivity contribution in [3.8, 4) is 0 Å². The van der Waals surface area contributed by atoms with Gasteiger partial charge in [-0.3, -0.25) is 0 Å². The maximum Gasteiger partial charge on any atom is 0.216 e. The minimum Gasteiger partial charge on any atom is -0.476 e. The molecule has 3 nitrogen and oxygen atoms in total. The molecule has 1 aliphatic heterocycles. The first-order valence-electron chi connectivity index (χ1n) is 6.35. The van der Waals surface area contributed by atoms with Crippen LogP contribution in [0.4, 0.5) is 0 Å². The number of aliphatic imine (C=N–C) groups is 1. The molecule has 1 saturated carbocycles. The summed E-state index contributed by atoms with van der Waals surface area (Å²) in [4.78, 5) is 4.35. The number of nitrogens with two attached hydrogens (primary N) is 1.